The van der Waals surface area contributed by atoms with Crippen molar-refractivity contribution in [3.63, 3.8) is 0 Å². The first kappa shape index (κ1) is 24.3. The number of halogens is 1. The molecule has 0 spiro atoms. The first-order valence-electron chi connectivity index (χ1n) is 11.5. The summed E-state index contributed by atoms with van der Waals surface area (Å²) in [5.41, 5.74) is 0. The molecule has 4 rings (SSSR count). The lowest BCUT2D eigenvalue weighted by molar-refractivity contribution is -0.126. The molecular formula is C24H29FN2O6S. The lowest BCUT2D eigenvalue weighted by atomic mass is 9.97. The van der Waals surface area contributed by atoms with Crippen LogP contribution in [0.2, 0.25) is 0 Å². The first-order chi connectivity index (χ1) is 16.4. The number of piperidine rings is 1. The smallest absolute Gasteiger partial charge is 0.243 e. The number of ether oxygens (including phenoxy) is 3. The highest BCUT2D eigenvalue weighted by Crippen LogP contribution is 2.34. The Balaban J connectivity index is 1.17. The molecule has 2 aromatic rings. The number of rotatable bonds is 9. The van der Waals surface area contributed by atoms with Gasteiger partial charge in [0, 0.05) is 31.6 Å². The number of nitrogens with zero attached hydrogens (tertiary/aromatic N) is 1. The predicted octanol–water partition coefficient (Wildman–Crippen LogP) is 2.97. The summed E-state index contributed by atoms with van der Waals surface area (Å²) < 4.78 is 56.9. The van der Waals surface area contributed by atoms with Gasteiger partial charge in [0.15, 0.2) is 11.5 Å². The Morgan fingerprint density at radius 3 is 2.47 bits per heavy atom. The van der Waals surface area contributed by atoms with Crippen molar-refractivity contribution in [3.8, 4) is 17.2 Å². The van der Waals surface area contributed by atoms with E-state index in [9.17, 15) is 17.6 Å². The number of carbonyl (C=O) groups is 1. The molecule has 1 N–H and O–H groups in total. The molecule has 1 saturated heterocycles. The summed E-state index contributed by atoms with van der Waals surface area (Å²) in [6.07, 6.45) is 2.46. The number of amides is 1. The predicted molar refractivity (Wildman–Crippen MR) is 123 cm³/mol. The summed E-state index contributed by atoms with van der Waals surface area (Å²) in [6.45, 7) is 2.43. The molecule has 2 aliphatic rings. The Bertz CT molecular complexity index is 1090. The van der Waals surface area contributed by atoms with Gasteiger partial charge in [-0.25, -0.2) is 12.8 Å². The van der Waals surface area contributed by atoms with Crippen molar-refractivity contribution in [2.75, 3.05) is 39.5 Å². The monoisotopic (exact) mass is 492 g/mol. The van der Waals surface area contributed by atoms with Crippen molar-refractivity contribution >= 4 is 15.9 Å². The molecule has 8 nitrogen and oxygen atoms in total. The third kappa shape index (κ3) is 5.98. The molecule has 0 aromatic heterocycles. The van der Waals surface area contributed by atoms with Crippen LogP contribution >= 0.6 is 0 Å². The maximum atomic E-state index is 13.0. The molecule has 0 atom stereocenters. The number of unbranched alkanes of at least 4 members (excludes halogenated alkanes) is 1. The van der Waals surface area contributed by atoms with E-state index in [2.05, 4.69) is 5.32 Å². The van der Waals surface area contributed by atoms with Crippen LogP contribution < -0.4 is 19.5 Å². The topological polar surface area (TPSA) is 94.2 Å². The van der Waals surface area contributed by atoms with E-state index in [1.807, 2.05) is 0 Å². The second-order valence-corrected chi connectivity index (χ2v) is 10.2. The third-order valence-electron chi connectivity index (χ3n) is 5.93. The van der Waals surface area contributed by atoms with Gasteiger partial charge < -0.3 is 19.5 Å². The van der Waals surface area contributed by atoms with Crippen molar-refractivity contribution < 1.29 is 31.8 Å². The van der Waals surface area contributed by atoms with Crippen LogP contribution in [0.3, 0.4) is 0 Å². The Morgan fingerprint density at radius 1 is 1.03 bits per heavy atom. The van der Waals surface area contributed by atoms with Crippen LogP contribution in [0.4, 0.5) is 4.39 Å². The van der Waals surface area contributed by atoms with Crippen molar-refractivity contribution in [2.45, 2.75) is 30.6 Å². The first-order valence-corrected chi connectivity index (χ1v) is 12.9. The average molecular weight is 493 g/mol. The number of carbonyl (C=O) groups excluding carboxylic acids is 1. The molecule has 1 fully saturated rings. The summed E-state index contributed by atoms with van der Waals surface area (Å²) in [5.74, 6) is 1.04. The second kappa shape index (κ2) is 11.1. The lowest BCUT2D eigenvalue weighted by Gasteiger charge is -2.30. The molecule has 34 heavy (non-hydrogen) atoms. The molecule has 0 unspecified atom stereocenters. The molecule has 2 aliphatic heterocycles. The Morgan fingerprint density at radius 2 is 1.74 bits per heavy atom. The van der Waals surface area contributed by atoms with E-state index in [1.54, 1.807) is 18.2 Å². The minimum absolute atomic E-state index is 0.0455. The van der Waals surface area contributed by atoms with E-state index in [-0.39, 0.29) is 22.5 Å². The normalized spacial score (nSPS) is 16.7. The standard InChI is InChI=1S/C24H29FN2O6S/c25-19-3-5-20(6-4-19)31-14-2-1-11-26-24(28)18-9-12-27(13-10-18)34(29,30)21-7-8-22-23(17-21)33-16-15-32-22/h3-8,17-18H,1-2,9-16H2,(H,26,28). The number of hydrogen-bond acceptors (Lipinski definition) is 6. The maximum Gasteiger partial charge on any atom is 0.243 e. The summed E-state index contributed by atoms with van der Waals surface area (Å²) in [7, 11) is -3.67. The molecule has 0 saturated carbocycles. The van der Waals surface area contributed by atoms with E-state index in [4.69, 9.17) is 14.2 Å². The zero-order chi connectivity index (χ0) is 24.0. The molecule has 2 heterocycles. The molecule has 0 aliphatic carbocycles. The summed E-state index contributed by atoms with van der Waals surface area (Å²) in [6, 6.07) is 10.5. The number of nitrogens with one attached hydrogen (secondary N) is 1. The van der Waals surface area contributed by atoms with Gasteiger partial charge in [-0.15, -0.1) is 0 Å². The van der Waals surface area contributed by atoms with Crippen LogP contribution in [0.1, 0.15) is 25.7 Å². The Labute approximate surface area is 199 Å². The third-order valence-corrected chi connectivity index (χ3v) is 7.82. The molecule has 184 valence electrons. The fourth-order valence-corrected chi connectivity index (χ4v) is 5.48. The molecular weight excluding hydrogens is 463 g/mol. The van der Waals surface area contributed by atoms with E-state index < -0.39 is 10.0 Å². The summed E-state index contributed by atoms with van der Waals surface area (Å²) in [5, 5.41) is 2.94. The van der Waals surface area contributed by atoms with Crippen LogP contribution in [0.15, 0.2) is 47.4 Å². The summed E-state index contributed by atoms with van der Waals surface area (Å²) in [4.78, 5) is 12.7. The van der Waals surface area contributed by atoms with Crippen molar-refractivity contribution in [1.82, 2.24) is 9.62 Å². The summed E-state index contributed by atoms with van der Waals surface area (Å²) >= 11 is 0. The highest BCUT2D eigenvalue weighted by Gasteiger charge is 2.32. The molecule has 2 aromatic carbocycles. The van der Waals surface area contributed by atoms with E-state index in [0.717, 1.165) is 12.8 Å². The zero-order valence-corrected chi connectivity index (χ0v) is 19.7. The fraction of sp³-hybridized carbons (Fsp3) is 0.458. The zero-order valence-electron chi connectivity index (χ0n) is 18.9. The Hall–Kier alpha value is -2.85. The van der Waals surface area contributed by atoms with Crippen molar-refractivity contribution in [2.24, 2.45) is 5.92 Å². The van der Waals surface area contributed by atoms with Crippen LogP contribution in [0.5, 0.6) is 17.2 Å². The number of hydrogen-bond donors (Lipinski definition) is 1. The molecule has 1 amide bonds. The fourth-order valence-electron chi connectivity index (χ4n) is 4.00. The maximum absolute atomic E-state index is 13.0. The van der Waals surface area contributed by atoms with Gasteiger partial charge in [-0.05, 0) is 62.1 Å². The molecule has 10 heteroatoms. The van der Waals surface area contributed by atoms with Crippen LogP contribution in [-0.4, -0.2) is 58.1 Å². The van der Waals surface area contributed by atoms with Gasteiger partial charge in [0.05, 0.1) is 11.5 Å². The molecule has 0 radical (unpaired) electrons. The number of sulfonamides is 1. The van der Waals surface area contributed by atoms with Gasteiger partial charge in [0.25, 0.3) is 0 Å². The minimum atomic E-state index is -3.67. The highest BCUT2D eigenvalue weighted by molar-refractivity contribution is 7.89. The quantitative estimate of drug-likeness (QED) is 0.541. The largest absolute Gasteiger partial charge is 0.494 e. The Kier molecular flexibility index (Phi) is 7.89. The second-order valence-electron chi connectivity index (χ2n) is 8.28. The van der Waals surface area contributed by atoms with E-state index >= 15 is 0 Å². The van der Waals surface area contributed by atoms with Gasteiger partial charge in [-0.1, -0.05) is 0 Å². The van der Waals surface area contributed by atoms with E-state index in [0.29, 0.717) is 69.5 Å². The SMILES string of the molecule is O=C(NCCCCOc1ccc(F)cc1)C1CCN(S(=O)(=O)c2ccc3c(c2)OCCO3)CC1. The van der Waals surface area contributed by atoms with Gasteiger partial charge in [-0.3, -0.25) is 4.79 Å². The molecule has 0 bridgehead atoms. The van der Waals surface area contributed by atoms with Crippen molar-refractivity contribution in [1.29, 1.82) is 0 Å². The van der Waals surface area contributed by atoms with Gasteiger partial charge in [0.1, 0.15) is 24.8 Å². The highest BCUT2D eigenvalue weighted by atomic mass is 32.2. The van der Waals surface area contributed by atoms with Crippen LogP contribution in [0, 0.1) is 11.7 Å². The van der Waals surface area contributed by atoms with E-state index in [1.165, 1.54) is 28.6 Å². The van der Waals surface area contributed by atoms with Crippen LogP contribution in [-0.2, 0) is 14.8 Å². The van der Waals surface area contributed by atoms with Crippen LogP contribution in [0.25, 0.3) is 0 Å². The number of fused-ring (bicyclic) bond motifs is 1. The lowest BCUT2D eigenvalue weighted by Crippen LogP contribution is -2.43. The minimum Gasteiger partial charge on any atom is -0.494 e. The van der Waals surface area contributed by atoms with Gasteiger partial charge in [0.2, 0.25) is 15.9 Å². The average Bonchev–Trinajstić information content (AvgIpc) is 2.86. The van der Waals surface area contributed by atoms with Crippen molar-refractivity contribution in [3.05, 3.63) is 48.3 Å². The number of benzene rings is 2. The van der Waals surface area contributed by atoms with Gasteiger partial charge >= 0.3 is 0 Å². The van der Waals surface area contributed by atoms with Gasteiger partial charge in [-0.2, -0.15) is 4.31 Å².